The zero-order chi connectivity index (χ0) is 14.4. The quantitative estimate of drug-likeness (QED) is 0.754. The van der Waals surface area contributed by atoms with E-state index in [1.807, 2.05) is 6.07 Å². The molecule has 1 amide bonds. The summed E-state index contributed by atoms with van der Waals surface area (Å²) >= 11 is 7.64. The molecule has 110 valence electrons. The highest BCUT2D eigenvalue weighted by atomic mass is 35.5. The van der Waals surface area contributed by atoms with Crippen LogP contribution in [0.25, 0.3) is 0 Å². The molecule has 1 heterocycles. The lowest BCUT2D eigenvalue weighted by Crippen LogP contribution is -2.38. The van der Waals surface area contributed by atoms with Gasteiger partial charge in [0.25, 0.3) is 5.91 Å². The number of rotatable bonds is 7. The van der Waals surface area contributed by atoms with Gasteiger partial charge in [0.2, 0.25) is 0 Å². The molecule has 0 bridgehead atoms. The van der Waals surface area contributed by atoms with Crippen molar-refractivity contribution in [3.8, 4) is 5.75 Å². The molecular weight excluding hydrogens is 298 g/mol. The Kier molecular flexibility index (Phi) is 6.01. The van der Waals surface area contributed by atoms with Crippen LogP contribution in [0.15, 0.2) is 18.2 Å². The minimum Gasteiger partial charge on any atom is -0.480 e. The fourth-order valence-corrected chi connectivity index (χ4v) is 2.97. The lowest BCUT2D eigenvalue weighted by Gasteiger charge is -2.11. The van der Waals surface area contributed by atoms with Crippen LogP contribution >= 0.6 is 23.4 Å². The first-order valence-electron chi connectivity index (χ1n) is 6.62. The van der Waals surface area contributed by atoms with Crippen LogP contribution in [0.5, 0.6) is 5.75 Å². The topological polar surface area (TPSA) is 58.6 Å². The maximum Gasteiger partial charge on any atom is 0.261 e. The fourth-order valence-electron chi connectivity index (χ4n) is 1.99. The van der Waals surface area contributed by atoms with Gasteiger partial charge in [-0.15, -0.1) is 0 Å². The van der Waals surface area contributed by atoms with Crippen LogP contribution in [-0.4, -0.2) is 41.8 Å². The summed E-state index contributed by atoms with van der Waals surface area (Å²) < 4.78 is 5.61. The molecule has 1 atom stereocenters. The zero-order valence-electron chi connectivity index (χ0n) is 11.1. The first-order valence-corrected chi connectivity index (χ1v) is 8.15. The number of nitrogens with one attached hydrogen (secondary N) is 1. The second-order valence-corrected chi connectivity index (χ2v) is 6.20. The van der Waals surface area contributed by atoms with Gasteiger partial charge in [-0.3, -0.25) is 4.79 Å². The van der Waals surface area contributed by atoms with Crippen molar-refractivity contribution in [3.63, 3.8) is 0 Å². The summed E-state index contributed by atoms with van der Waals surface area (Å²) in [6.45, 7) is 0.835. The smallest absolute Gasteiger partial charge is 0.261 e. The predicted octanol–water partition coefficient (Wildman–Crippen LogP) is 1.88. The van der Waals surface area contributed by atoms with Gasteiger partial charge in [0.05, 0.1) is 0 Å². The number of benzene rings is 1. The van der Waals surface area contributed by atoms with Crippen molar-refractivity contribution in [2.45, 2.75) is 18.9 Å². The Morgan fingerprint density at radius 3 is 3.15 bits per heavy atom. The van der Waals surface area contributed by atoms with E-state index in [9.17, 15) is 4.79 Å². The highest BCUT2D eigenvalue weighted by Gasteiger charge is 2.28. The molecule has 0 fully saturated rings. The van der Waals surface area contributed by atoms with Crippen LogP contribution in [0.4, 0.5) is 0 Å². The number of ether oxygens (including phenoxy) is 1. The van der Waals surface area contributed by atoms with Crippen LogP contribution in [-0.2, 0) is 11.2 Å². The van der Waals surface area contributed by atoms with Gasteiger partial charge in [-0.2, -0.15) is 11.8 Å². The number of carbonyl (C=O) groups excluding carboxylic acids is 1. The lowest BCUT2D eigenvalue weighted by molar-refractivity contribution is -0.127. The van der Waals surface area contributed by atoms with E-state index in [1.165, 1.54) is 0 Å². The van der Waals surface area contributed by atoms with Crippen LogP contribution in [0.2, 0.25) is 5.02 Å². The molecule has 0 saturated heterocycles. The predicted molar refractivity (Wildman–Crippen MR) is 81.6 cm³/mol. The first kappa shape index (κ1) is 15.5. The lowest BCUT2D eigenvalue weighted by atomic mass is 10.1. The van der Waals surface area contributed by atoms with Gasteiger partial charge in [-0.1, -0.05) is 11.6 Å². The van der Waals surface area contributed by atoms with Crippen molar-refractivity contribution in [2.75, 3.05) is 24.7 Å². The normalized spacial score (nSPS) is 16.6. The molecule has 6 heteroatoms. The third-order valence-electron chi connectivity index (χ3n) is 2.98. The van der Waals surface area contributed by atoms with Gasteiger partial charge in [-0.25, -0.2) is 0 Å². The van der Waals surface area contributed by atoms with Crippen LogP contribution in [0.3, 0.4) is 0 Å². The van der Waals surface area contributed by atoms with Crippen LogP contribution in [0, 0.1) is 0 Å². The van der Waals surface area contributed by atoms with E-state index in [1.54, 1.807) is 23.9 Å². The number of amides is 1. The van der Waals surface area contributed by atoms with E-state index in [0.717, 1.165) is 29.2 Å². The standard InChI is InChI=1S/C14H18ClNO3S/c15-11-2-3-12-10(8-11)9-13(19-12)14(18)16-4-7-20-6-1-5-17/h2-3,8,13,17H,1,4-7,9H2,(H,16,18). The van der Waals surface area contributed by atoms with E-state index in [-0.39, 0.29) is 12.5 Å². The molecule has 0 aromatic heterocycles. The molecule has 0 aliphatic carbocycles. The van der Waals surface area contributed by atoms with Gasteiger partial charge < -0.3 is 15.2 Å². The van der Waals surface area contributed by atoms with Gasteiger partial charge in [-0.05, 0) is 35.9 Å². The summed E-state index contributed by atoms with van der Waals surface area (Å²) in [6.07, 6.45) is 0.908. The average Bonchev–Trinajstić information content (AvgIpc) is 2.85. The Labute approximate surface area is 127 Å². The number of fused-ring (bicyclic) bond motifs is 1. The highest BCUT2D eigenvalue weighted by molar-refractivity contribution is 7.99. The minimum atomic E-state index is -0.453. The van der Waals surface area contributed by atoms with E-state index >= 15 is 0 Å². The largest absolute Gasteiger partial charge is 0.480 e. The summed E-state index contributed by atoms with van der Waals surface area (Å²) in [4.78, 5) is 12.0. The fraction of sp³-hybridized carbons (Fsp3) is 0.500. The van der Waals surface area contributed by atoms with Crippen molar-refractivity contribution in [3.05, 3.63) is 28.8 Å². The Morgan fingerprint density at radius 1 is 1.50 bits per heavy atom. The Bertz CT molecular complexity index is 470. The van der Waals surface area contributed by atoms with E-state index in [2.05, 4.69) is 5.32 Å². The summed E-state index contributed by atoms with van der Waals surface area (Å²) in [5.74, 6) is 2.42. The van der Waals surface area contributed by atoms with Crippen molar-refractivity contribution < 1.29 is 14.6 Å². The number of thioether (sulfide) groups is 1. The Morgan fingerprint density at radius 2 is 2.35 bits per heavy atom. The van der Waals surface area contributed by atoms with Gasteiger partial charge in [0.1, 0.15) is 5.75 Å². The summed E-state index contributed by atoms with van der Waals surface area (Å²) in [7, 11) is 0. The third-order valence-corrected chi connectivity index (χ3v) is 4.29. The molecule has 0 spiro atoms. The summed E-state index contributed by atoms with van der Waals surface area (Å²) in [5, 5.41) is 12.2. The number of hydrogen-bond donors (Lipinski definition) is 2. The molecule has 2 N–H and O–H groups in total. The van der Waals surface area contributed by atoms with Crippen molar-refractivity contribution in [1.82, 2.24) is 5.32 Å². The zero-order valence-corrected chi connectivity index (χ0v) is 12.7. The molecule has 1 aromatic carbocycles. The van der Waals surface area contributed by atoms with Gasteiger partial charge in [0.15, 0.2) is 6.10 Å². The molecule has 1 aromatic rings. The number of aliphatic hydroxyl groups is 1. The van der Waals surface area contributed by atoms with E-state index in [4.69, 9.17) is 21.4 Å². The number of aliphatic hydroxyl groups excluding tert-OH is 1. The van der Waals surface area contributed by atoms with Gasteiger partial charge in [0, 0.05) is 30.3 Å². The van der Waals surface area contributed by atoms with Crippen molar-refractivity contribution in [1.29, 1.82) is 0 Å². The molecular formula is C14H18ClNO3S. The summed E-state index contributed by atoms with van der Waals surface area (Å²) in [6, 6.07) is 5.41. The Balaban J connectivity index is 1.70. The maximum atomic E-state index is 12.0. The van der Waals surface area contributed by atoms with Gasteiger partial charge >= 0.3 is 0 Å². The molecule has 2 rings (SSSR count). The minimum absolute atomic E-state index is 0.0833. The van der Waals surface area contributed by atoms with Crippen LogP contribution in [0.1, 0.15) is 12.0 Å². The molecule has 4 nitrogen and oxygen atoms in total. The maximum absolute atomic E-state index is 12.0. The average molecular weight is 316 g/mol. The number of halogens is 1. The monoisotopic (exact) mass is 315 g/mol. The molecule has 0 radical (unpaired) electrons. The number of hydrogen-bond acceptors (Lipinski definition) is 4. The van der Waals surface area contributed by atoms with E-state index < -0.39 is 6.10 Å². The summed E-state index contributed by atoms with van der Waals surface area (Å²) in [5.41, 5.74) is 0.981. The molecule has 1 unspecified atom stereocenters. The third kappa shape index (κ3) is 4.30. The SMILES string of the molecule is O=C(NCCSCCCO)C1Cc2cc(Cl)ccc2O1. The van der Waals surface area contributed by atoms with Crippen molar-refractivity contribution in [2.24, 2.45) is 0 Å². The Hall–Kier alpha value is -0.910. The molecule has 0 saturated carbocycles. The van der Waals surface area contributed by atoms with E-state index in [0.29, 0.717) is 18.0 Å². The molecule has 1 aliphatic heterocycles. The second-order valence-electron chi connectivity index (χ2n) is 4.54. The molecule has 1 aliphatic rings. The van der Waals surface area contributed by atoms with Crippen molar-refractivity contribution >= 4 is 29.3 Å². The second kappa shape index (κ2) is 7.76. The van der Waals surface area contributed by atoms with Crippen LogP contribution < -0.4 is 10.1 Å². The highest BCUT2D eigenvalue weighted by Crippen LogP contribution is 2.31. The number of carbonyl (C=O) groups is 1. The first-order chi connectivity index (χ1) is 9.70. The molecule has 20 heavy (non-hydrogen) atoms.